The molecule has 0 radical (unpaired) electrons. The summed E-state index contributed by atoms with van der Waals surface area (Å²) in [6, 6.07) is 0. The van der Waals surface area contributed by atoms with E-state index in [4.69, 9.17) is 0 Å². The van der Waals surface area contributed by atoms with Crippen molar-refractivity contribution in [3.8, 4) is 0 Å². The maximum Gasteiger partial charge on any atom is 0.0830 e. The Labute approximate surface area is 81.2 Å². The molecule has 1 aliphatic carbocycles. The second-order valence-electron chi connectivity index (χ2n) is 4.15. The van der Waals surface area contributed by atoms with Crippen LogP contribution >= 0.6 is 0 Å². The lowest BCUT2D eigenvalue weighted by molar-refractivity contribution is 0.0505. The molecule has 1 fully saturated rings. The predicted octanol–water partition coefficient (Wildman–Crippen LogP) is 3.20. The van der Waals surface area contributed by atoms with E-state index in [1.54, 1.807) is 0 Å². The van der Waals surface area contributed by atoms with E-state index in [1.165, 1.54) is 12.0 Å². The molecule has 0 aliphatic heterocycles. The first kappa shape index (κ1) is 10.5. The van der Waals surface area contributed by atoms with Crippen LogP contribution in [-0.2, 0) is 0 Å². The van der Waals surface area contributed by atoms with Gasteiger partial charge >= 0.3 is 0 Å². The van der Waals surface area contributed by atoms with Gasteiger partial charge in [-0.1, -0.05) is 37.0 Å². The van der Waals surface area contributed by atoms with Crippen molar-refractivity contribution in [1.82, 2.24) is 0 Å². The fourth-order valence-electron chi connectivity index (χ4n) is 2.05. The Morgan fingerprint density at radius 3 is 2.54 bits per heavy atom. The number of hydrogen-bond acceptors (Lipinski definition) is 1. The zero-order chi connectivity index (χ0) is 9.73. The minimum Gasteiger partial charge on any atom is -0.386 e. The van der Waals surface area contributed by atoms with Gasteiger partial charge in [0.05, 0.1) is 5.60 Å². The zero-order valence-corrected chi connectivity index (χ0v) is 8.55. The number of rotatable bonds is 3. The van der Waals surface area contributed by atoms with Crippen molar-refractivity contribution < 1.29 is 5.11 Å². The van der Waals surface area contributed by atoms with Crippen LogP contribution in [0.15, 0.2) is 24.3 Å². The molecule has 0 saturated heterocycles. The number of allylic oxidation sites excluding steroid dienone is 2. The maximum atomic E-state index is 10.2. The molecule has 0 unspecified atom stereocenters. The summed E-state index contributed by atoms with van der Waals surface area (Å²) >= 11 is 0. The van der Waals surface area contributed by atoms with Crippen LogP contribution in [-0.4, -0.2) is 10.7 Å². The average molecular weight is 180 g/mol. The van der Waals surface area contributed by atoms with Crippen LogP contribution in [0.2, 0.25) is 0 Å². The standard InChI is InChI=1S/C12H20O/c1-3-7-11(2)10-12(13)8-5-4-6-9-12/h3,10,13H,1,4-9H2,2H3/b11-10+. The van der Waals surface area contributed by atoms with E-state index in [2.05, 4.69) is 13.5 Å². The lowest BCUT2D eigenvalue weighted by Crippen LogP contribution is -2.28. The van der Waals surface area contributed by atoms with Crippen molar-refractivity contribution in [2.45, 2.75) is 51.0 Å². The molecular weight excluding hydrogens is 160 g/mol. The first-order chi connectivity index (χ1) is 6.16. The van der Waals surface area contributed by atoms with E-state index < -0.39 is 5.60 Å². The summed E-state index contributed by atoms with van der Waals surface area (Å²) in [5.41, 5.74) is 0.727. The van der Waals surface area contributed by atoms with Crippen LogP contribution in [0.25, 0.3) is 0 Å². The van der Waals surface area contributed by atoms with Crippen LogP contribution in [0.5, 0.6) is 0 Å². The maximum absolute atomic E-state index is 10.2. The summed E-state index contributed by atoms with van der Waals surface area (Å²) in [5, 5.41) is 10.2. The predicted molar refractivity (Wildman–Crippen MR) is 56.6 cm³/mol. The largest absolute Gasteiger partial charge is 0.386 e. The zero-order valence-electron chi connectivity index (χ0n) is 8.55. The van der Waals surface area contributed by atoms with Crippen LogP contribution in [0.3, 0.4) is 0 Å². The summed E-state index contributed by atoms with van der Waals surface area (Å²) in [6.07, 6.45) is 10.3. The van der Waals surface area contributed by atoms with Crippen molar-refractivity contribution in [2.24, 2.45) is 0 Å². The smallest absolute Gasteiger partial charge is 0.0830 e. The van der Waals surface area contributed by atoms with Crippen LogP contribution in [0, 0.1) is 0 Å². The molecule has 1 nitrogen and oxygen atoms in total. The molecule has 0 atom stereocenters. The first-order valence-corrected chi connectivity index (χ1v) is 5.18. The third-order valence-electron chi connectivity index (χ3n) is 2.70. The molecule has 74 valence electrons. The molecule has 0 aromatic heterocycles. The first-order valence-electron chi connectivity index (χ1n) is 5.18. The molecule has 1 heteroatoms. The third-order valence-corrected chi connectivity index (χ3v) is 2.70. The lowest BCUT2D eigenvalue weighted by Gasteiger charge is -2.29. The third kappa shape index (κ3) is 3.35. The van der Waals surface area contributed by atoms with E-state index in [0.29, 0.717) is 0 Å². The van der Waals surface area contributed by atoms with E-state index >= 15 is 0 Å². The van der Waals surface area contributed by atoms with Gasteiger partial charge in [-0.05, 0) is 26.2 Å². The Morgan fingerprint density at radius 2 is 2.00 bits per heavy atom. The average Bonchev–Trinajstić information content (AvgIpc) is 2.04. The molecule has 0 aromatic rings. The van der Waals surface area contributed by atoms with Gasteiger partial charge in [0.2, 0.25) is 0 Å². The van der Waals surface area contributed by atoms with Crippen LogP contribution in [0.4, 0.5) is 0 Å². The molecule has 1 saturated carbocycles. The molecule has 0 heterocycles. The number of aliphatic hydroxyl groups is 1. The molecule has 0 spiro atoms. The van der Waals surface area contributed by atoms with Crippen molar-refractivity contribution in [2.75, 3.05) is 0 Å². The molecule has 1 N–H and O–H groups in total. The minimum absolute atomic E-state index is 0.509. The SMILES string of the molecule is C=CC/C(C)=C/C1(O)CCCCC1. The van der Waals surface area contributed by atoms with Gasteiger partial charge in [-0.3, -0.25) is 0 Å². The summed E-state index contributed by atoms with van der Waals surface area (Å²) in [6.45, 7) is 5.76. The Balaban J connectivity index is 2.57. The van der Waals surface area contributed by atoms with Crippen molar-refractivity contribution in [1.29, 1.82) is 0 Å². The van der Waals surface area contributed by atoms with Gasteiger partial charge in [-0.15, -0.1) is 6.58 Å². The van der Waals surface area contributed by atoms with Gasteiger partial charge < -0.3 is 5.11 Å². The van der Waals surface area contributed by atoms with Gasteiger partial charge in [0.15, 0.2) is 0 Å². The Morgan fingerprint density at radius 1 is 1.38 bits per heavy atom. The number of hydrogen-bond donors (Lipinski definition) is 1. The van der Waals surface area contributed by atoms with Gasteiger partial charge in [0, 0.05) is 0 Å². The van der Waals surface area contributed by atoms with Crippen LogP contribution in [0.1, 0.15) is 45.4 Å². The summed E-state index contributed by atoms with van der Waals surface area (Å²) in [5.74, 6) is 0. The van der Waals surface area contributed by atoms with E-state index in [0.717, 1.165) is 32.1 Å². The fraction of sp³-hybridized carbons (Fsp3) is 0.667. The highest BCUT2D eigenvalue weighted by molar-refractivity contribution is 5.12. The van der Waals surface area contributed by atoms with Gasteiger partial charge in [0.1, 0.15) is 0 Å². The van der Waals surface area contributed by atoms with E-state index in [1.807, 2.05) is 12.2 Å². The highest BCUT2D eigenvalue weighted by Crippen LogP contribution is 2.30. The van der Waals surface area contributed by atoms with E-state index in [9.17, 15) is 5.11 Å². The Hall–Kier alpha value is -0.560. The molecule has 0 amide bonds. The van der Waals surface area contributed by atoms with Gasteiger partial charge in [-0.25, -0.2) is 0 Å². The van der Waals surface area contributed by atoms with Gasteiger partial charge in [0.25, 0.3) is 0 Å². The molecule has 1 rings (SSSR count). The highest BCUT2D eigenvalue weighted by atomic mass is 16.3. The Kier molecular flexibility index (Phi) is 3.73. The second-order valence-corrected chi connectivity index (χ2v) is 4.15. The monoisotopic (exact) mass is 180 g/mol. The van der Waals surface area contributed by atoms with E-state index in [-0.39, 0.29) is 0 Å². The van der Waals surface area contributed by atoms with Gasteiger partial charge in [-0.2, -0.15) is 0 Å². The second kappa shape index (κ2) is 4.61. The molecular formula is C12H20O. The normalized spacial score (nSPS) is 22.8. The topological polar surface area (TPSA) is 20.2 Å². The van der Waals surface area contributed by atoms with Crippen molar-refractivity contribution in [3.63, 3.8) is 0 Å². The lowest BCUT2D eigenvalue weighted by atomic mass is 9.83. The van der Waals surface area contributed by atoms with Crippen LogP contribution < -0.4 is 0 Å². The highest BCUT2D eigenvalue weighted by Gasteiger charge is 2.26. The molecule has 0 bridgehead atoms. The summed E-state index contributed by atoms with van der Waals surface area (Å²) in [4.78, 5) is 0. The quantitative estimate of drug-likeness (QED) is 0.661. The molecule has 0 aromatic carbocycles. The summed E-state index contributed by atoms with van der Waals surface area (Å²) < 4.78 is 0. The molecule has 1 aliphatic rings. The minimum atomic E-state index is -0.509. The van der Waals surface area contributed by atoms with Crippen molar-refractivity contribution >= 4 is 0 Å². The Bertz CT molecular complexity index is 197. The molecule has 13 heavy (non-hydrogen) atoms. The fourth-order valence-corrected chi connectivity index (χ4v) is 2.05. The van der Waals surface area contributed by atoms with Crippen molar-refractivity contribution in [3.05, 3.63) is 24.3 Å². The summed E-state index contributed by atoms with van der Waals surface area (Å²) in [7, 11) is 0.